The summed E-state index contributed by atoms with van der Waals surface area (Å²) in [5.74, 6) is -0.926. The van der Waals surface area contributed by atoms with Crippen LogP contribution in [0.1, 0.15) is 19.4 Å². The first-order chi connectivity index (χ1) is 18.5. The molecule has 1 aliphatic rings. The van der Waals surface area contributed by atoms with E-state index in [1.165, 1.54) is 21.0 Å². The second kappa shape index (κ2) is 9.57. The number of rotatable bonds is 7. The predicted molar refractivity (Wildman–Crippen MR) is 133 cm³/mol. The molecule has 0 unspecified atom stereocenters. The number of methoxy groups -OCH3 is 1. The SMILES string of the molecule is COc1cc(F)c(-n2c(=O)ccn([C@]3(C)O[C@H](CO)[C@@H](O)[C@@]3(C)O)c2=O)cc1OCc1cccc2n[nH]nc12. The van der Waals surface area contributed by atoms with Gasteiger partial charge in [0, 0.05) is 30.0 Å². The van der Waals surface area contributed by atoms with Crippen molar-refractivity contribution in [3.8, 4) is 17.2 Å². The molecule has 4 N–H and O–H groups in total. The molecule has 206 valence electrons. The molecule has 1 fully saturated rings. The van der Waals surface area contributed by atoms with Gasteiger partial charge in [-0.05, 0) is 19.9 Å². The summed E-state index contributed by atoms with van der Waals surface area (Å²) in [4.78, 5) is 26.5. The van der Waals surface area contributed by atoms with Gasteiger partial charge < -0.3 is 29.5 Å². The fraction of sp³-hybridized carbons (Fsp3) is 0.360. The van der Waals surface area contributed by atoms with E-state index in [4.69, 9.17) is 14.2 Å². The first kappa shape index (κ1) is 26.5. The zero-order chi connectivity index (χ0) is 28.1. The number of aromatic nitrogens is 5. The first-order valence-corrected chi connectivity index (χ1v) is 11.9. The van der Waals surface area contributed by atoms with Crippen molar-refractivity contribution in [1.82, 2.24) is 24.5 Å². The van der Waals surface area contributed by atoms with E-state index in [1.54, 1.807) is 18.2 Å². The lowest BCUT2D eigenvalue weighted by Crippen LogP contribution is -2.58. The summed E-state index contributed by atoms with van der Waals surface area (Å²) in [6.45, 7) is 1.88. The fourth-order valence-corrected chi connectivity index (χ4v) is 4.74. The van der Waals surface area contributed by atoms with Gasteiger partial charge in [-0.1, -0.05) is 12.1 Å². The molecular weight excluding hydrogens is 517 g/mol. The van der Waals surface area contributed by atoms with Gasteiger partial charge in [-0.25, -0.2) is 13.8 Å². The van der Waals surface area contributed by atoms with E-state index < -0.39 is 52.9 Å². The molecule has 0 saturated carbocycles. The van der Waals surface area contributed by atoms with Crippen molar-refractivity contribution >= 4 is 11.0 Å². The van der Waals surface area contributed by atoms with E-state index in [9.17, 15) is 24.9 Å². The van der Waals surface area contributed by atoms with Crippen LogP contribution in [0.5, 0.6) is 11.5 Å². The highest BCUT2D eigenvalue weighted by molar-refractivity contribution is 5.77. The molecule has 4 atom stereocenters. The molecule has 1 saturated heterocycles. The smallest absolute Gasteiger partial charge is 0.338 e. The number of H-pyrrole nitrogens is 1. The molecular formula is C25H26FN5O8. The first-order valence-electron chi connectivity index (χ1n) is 11.9. The van der Waals surface area contributed by atoms with E-state index in [2.05, 4.69) is 15.4 Å². The van der Waals surface area contributed by atoms with Crippen LogP contribution in [-0.2, 0) is 17.1 Å². The van der Waals surface area contributed by atoms with Gasteiger partial charge in [0.1, 0.15) is 35.4 Å². The summed E-state index contributed by atoms with van der Waals surface area (Å²) >= 11 is 0. The molecule has 0 amide bonds. The maximum absolute atomic E-state index is 15.3. The lowest BCUT2D eigenvalue weighted by Gasteiger charge is -2.37. The zero-order valence-corrected chi connectivity index (χ0v) is 21.2. The van der Waals surface area contributed by atoms with Gasteiger partial charge in [0.25, 0.3) is 5.56 Å². The third kappa shape index (κ3) is 4.08. The van der Waals surface area contributed by atoms with Gasteiger partial charge in [-0.3, -0.25) is 9.36 Å². The maximum Gasteiger partial charge on any atom is 0.338 e. The minimum atomic E-state index is -2.07. The zero-order valence-electron chi connectivity index (χ0n) is 21.2. The average Bonchev–Trinajstić information content (AvgIpc) is 3.46. The predicted octanol–water partition coefficient (Wildman–Crippen LogP) is 0.173. The molecule has 0 aliphatic carbocycles. The van der Waals surface area contributed by atoms with Gasteiger partial charge in [-0.15, -0.1) is 0 Å². The van der Waals surface area contributed by atoms with Crippen LogP contribution in [0.2, 0.25) is 0 Å². The van der Waals surface area contributed by atoms with Crippen LogP contribution in [0.15, 0.2) is 52.2 Å². The standard InChI is InChI=1S/C25H26FN5O8/c1-24(36)22(34)19(11-32)39-25(24,2)30-8-7-20(33)31(23(30)35)16-10-18(17(37-3)9-14(16)26)38-12-13-5-4-6-15-21(13)28-29-27-15/h4-10,19,22,32,34,36H,11-12H2,1-3H3,(H,27,28,29)/t19-,22-,24-,25-/m1/s1. The Morgan fingerprint density at radius 1 is 1.18 bits per heavy atom. The highest BCUT2D eigenvalue weighted by atomic mass is 19.1. The molecule has 4 aromatic rings. The second-order valence-corrected chi connectivity index (χ2v) is 9.41. The minimum absolute atomic E-state index is 0.0100. The van der Waals surface area contributed by atoms with Gasteiger partial charge in [-0.2, -0.15) is 15.4 Å². The minimum Gasteiger partial charge on any atom is -0.493 e. The average molecular weight is 544 g/mol. The van der Waals surface area contributed by atoms with E-state index in [0.717, 1.165) is 29.0 Å². The lowest BCUT2D eigenvalue weighted by molar-refractivity contribution is -0.178. The Labute approximate surface area is 219 Å². The van der Waals surface area contributed by atoms with Crippen LogP contribution in [-0.4, -0.2) is 71.4 Å². The molecule has 0 bridgehead atoms. The Morgan fingerprint density at radius 2 is 1.95 bits per heavy atom. The monoisotopic (exact) mass is 543 g/mol. The molecule has 2 aromatic heterocycles. The number of aliphatic hydroxyl groups is 3. The summed E-state index contributed by atoms with van der Waals surface area (Å²) < 4.78 is 33.5. The molecule has 5 rings (SSSR count). The summed E-state index contributed by atoms with van der Waals surface area (Å²) in [7, 11) is 1.31. The Hall–Kier alpha value is -4.11. The number of aliphatic hydroxyl groups excluding tert-OH is 2. The quantitative estimate of drug-likeness (QED) is 0.252. The number of halogens is 1. The number of hydrogen-bond acceptors (Lipinski definition) is 10. The van der Waals surface area contributed by atoms with Crippen LogP contribution >= 0.6 is 0 Å². The highest BCUT2D eigenvalue weighted by Gasteiger charge is 2.61. The molecule has 3 heterocycles. The number of nitrogens with one attached hydrogen (secondary N) is 1. The van der Waals surface area contributed by atoms with Crippen molar-refractivity contribution < 1.29 is 33.9 Å². The summed E-state index contributed by atoms with van der Waals surface area (Å²) in [6, 6.07) is 8.40. The molecule has 0 spiro atoms. The number of para-hydroxylation sites is 1. The number of aromatic amines is 1. The lowest BCUT2D eigenvalue weighted by atomic mass is 9.88. The van der Waals surface area contributed by atoms with E-state index >= 15 is 4.39 Å². The number of benzene rings is 2. The van der Waals surface area contributed by atoms with Crippen molar-refractivity contribution in [3.05, 3.63) is 74.8 Å². The summed E-state index contributed by atoms with van der Waals surface area (Å²) in [5.41, 5.74) is -4.54. The van der Waals surface area contributed by atoms with E-state index in [1.807, 2.05) is 0 Å². The van der Waals surface area contributed by atoms with Gasteiger partial charge in [0.2, 0.25) is 0 Å². The van der Waals surface area contributed by atoms with Crippen molar-refractivity contribution in [3.63, 3.8) is 0 Å². The van der Waals surface area contributed by atoms with E-state index in [0.29, 0.717) is 21.2 Å². The van der Waals surface area contributed by atoms with Gasteiger partial charge in [0.05, 0.1) is 19.4 Å². The Balaban J connectivity index is 1.59. The number of hydrogen-bond donors (Lipinski definition) is 4. The van der Waals surface area contributed by atoms with Gasteiger partial charge >= 0.3 is 5.69 Å². The van der Waals surface area contributed by atoms with Crippen LogP contribution in [0.25, 0.3) is 16.7 Å². The normalized spacial score (nSPS) is 24.8. The molecule has 39 heavy (non-hydrogen) atoms. The third-order valence-corrected chi connectivity index (χ3v) is 7.16. The molecule has 14 heteroatoms. The van der Waals surface area contributed by atoms with Gasteiger partial charge in [0.15, 0.2) is 23.0 Å². The number of nitrogens with zero attached hydrogens (tertiary/aromatic N) is 4. The number of fused-ring (bicyclic) bond motifs is 1. The van der Waals surface area contributed by atoms with E-state index in [-0.39, 0.29) is 18.1 Å². The van der Waals surface area contributed by atoms with Crippen molar-refractivity contribution in [2.75, 3.05) is 13.7 Å². The second-order valence-electron chi connectivity index (χ2n) is 9.41. The topological polar surface area (TPSA) is 174 Å². The van der Waals surface area contributed by atoms with Crippen LogP contribution in [0.4, 0.5) is 4.39 Å². The van der Waals surface area contributed by atoms with Crippen LogP contribution in [0, 0.1) is 5.82 Å². The third-order valence-electron chi connectivity index (χ3n) is 7.16. The summed E-state index contributed by atoms with van der Waals surface area (Å²) in [6.07, 6.45) is -1.71. The van der Waals surface area contributed by atoms with Crippen molar-refractivity contribution in [1.29, 1.82) is 0 Å². The Bertz CT molecular complexity index is 1660. The van der Waals surface area contributed by atoms with Crippen molar-refractivity contribution in [2.45, 2.75) is 44.0 Å². The summed E-state index contributed by atoms with van der Waals surface area (Å²) in [5, 5.41) is 41.7. The molecule has 13 nitrogen and oxygen atoms in total. The highest BCUT2D eigenvalue weighted by Crippen LogP contribution is 2.42. The Kier molecular flexibility index (Phi) is 6.50. The molecule has 1 aliphatic heterocycles. The maximum atomic E-state index is 15.3. The van der Waals surface area contributed by atoms with Crippen LogP contribution < -0.4 is 20.7 Å². The largest absolute Gasteiger partial charge is 0.493 e. The molecule has 0 radical (unpaired) electrons. The fourth-order valence-electron chi connectivity index (χ4n) is 4.74. The molecule has 2 aromatic carbocycles. The van der Waals surface area contributed by atoms with Crippen molar-refractivity contribution in [2.24, 2.45) is 0 Å². The Morgan fingerprint density at radius 3 is 2.64 bits per heavy atom. The van der Waals surface area contributed by atoms with Crippen LogP contribution in [0.3, 0.4) is 0 Å². The number of ether oxygens (including phenoxy) is 3.